The molecule has 0 aromatic carbocycles. The van der Waals surface area contributed by atoms with Crippen LogP contribution in [0.2, 0.25) is 12.6 Å². The maximum atomic E-state index is 2.34. The van der Waals surface area contributed by atoms with Gasteiger partial charge in [-0.3, -0.25) is 0 Å². The molecule has 1 saturated carbocycles. The van der Waals surface area contributed by atoms with Crippen molar-refractivity contribution in [3.05, 3.63) is 0 Å². The third kappa shape index (κ3) is 2.77. The van der Waals surface area contributed by atoms with Gasteiger partial charge in [-0.25, -0.2) is 0 Å². The normalized spacial score (nSPS) is 23.3. The Morgan fingerprint density at radius 1 is 0.900 bits per heavy atom. The predicted octanol–water partition coefficient (Wildman–Crippen LogP) is 3.00. The van der Waals surface area contributed by atoms with Gasteiger partial charge in [-0.2, -0.15) is 0 Å². The molecule has 1 aliphatic carbocycles. The van der Waals surface area contributed by atoms with E-state index in [0.29, 0.717) is 0 Å². The van der Waals surface area contributed by atoms with Crippen molar-refractivity contribution in [3.8, 4) is 0 Å². The van der Waals surface area contributed by atoms with Crippen LogP contribution in [0.5, 0.6) is 0 Å². The summed E-state index contributed by atoms with van der Waals surface area (Å²) in [6.07, 6.45) is 10.5. The lowest BCUT2D eigenvalue weighted by Gasteiger charge is -2.16. The van der Waals surface area contributed by atoms with E-state index in [4.69, 9.17) is 0 Å². The van der Waals surface area contributed by atoms with Crippen LogP contribution in [0, 0.1) is 0 Å². The van der Waals surface area contributed by atoms with Crippen molar-refractivity contribution in [2.75, 3.05) is 0 Å². The molecular formula is C9H19B. The van der Waals surface area contributed by atoms with Crippen LogP contribution in [0.1, 0.15) is 44.9 Å². The Morgan fingerprint density at radius 2 is 1.40 bits per heavy atom. The first kappa shape index (κ1) is 8.16. The van der Waals surface area contributed by atoms with E-state index in [9.17, 15) is 0 Å². The number of hydrogen-bond donors (Lipinski definition) is 0. The van der Waals surface area contributed by atoms with Crippen LogP contribution < -0.4 is 0 Å². The molecule has 0 spiro atoms. The van der Waals surface area contributed by atoms with Gasteiger partial charge in [0.1, 0.15) is 7.28 Å². The van der Waals surface area contributed by atoms with E-state index < -0.39 is 0 Å². The first-order chi connectivity index (χ1) is 4.93. The summed E-state index contributed by atoms with van der Waals surface area (Å²) in [5, 5.41) is 0. The van der Waals surface area contributed by atoms with E-state index in [-0.39, 0.29) is 0 Å². The van der Waals surface area contributed by atoms with Gasteiger partial charge in [-0.1, -0.05) is 57.6 Å². The minimum Gasteiger partial charge on any atom is -0.0891 e. The van der Waals surface area contributed by atoms with Crippen LogP contribution >= 0.6 is 0 Å². The van der Waals surface area contributed by atoms with Gasteiger partial charge in [-0.15, -0.1) is 0 Å². The second-order valence-electron chi connectivity index (χ2n) is 3.62. The standard InChI is InChI=1S/C9H19B/c1-10-9-7-5-3-2-4-6-8-9/h9-10H,2-8H2,1H3. The minimum absolute atomic E-state index is 1.07. The molecule has 0 nitrogen and oxygen atoms in total. The molecule has 1 fully saturated rings. The van der Waals surface area contributed by atoms with E-state index in [1.54, 1.807) is 0 Å². The molecule has 0 unspecified atom stereocenters. The molecule has 58 valence electrons. The summed E-state index contributed by atoms with van der Waals surface area (Å²) in [7, 11) is 1.42. The van der Waals surface area contributed by atoms with Crippen LogP contribution in [0.25, 0.3) is 0 Å². The van der Waals surface area contributed by atoms with Gasteiger partial charge < -0.3 is 0 Å². The maximum Gasteiger partial charge on any atom is 0.120 e. The molecular weight excluding hydrogens is 119 g/mol. The van der Waals surface area contributed by atoms with E-state index >= 15 is 0 Å². The quantitative estimate of drug-likeness (QED) is 0.488. The van der Waals surface area contributed by atoms with Crippen LogP contribution in [-0.2, 0) is 0 Å². The third-order valence-corrected chi connectivity index (χ3v) is 2.80. The van der Waals surface area contributed by atoms with Crippen LogP contribution in [0.15, 0.2) is 0 Å². The summed E-state index contributed by atoms with van der Waals surface area (Å²) in [5.41, 5.74) is 0. The largest absolute Gasteiger partial charge is 0.120 e. The fourth-order valence-corrected chi connectivity index (χ4v) is 1.95. The van der Waals surface area contributed by atoms with E-state index in [0.717, 1.165) is 5.82 Å². The fourth-order valence-electron chi connectivity index (χ4n) is 1.95. The number of hydrogen-bond acceptors (Lipinski definition) is 0. The summed E-state index contributed by atoms with van der Waals surface area (Å²) in [6.45, 7) is 2.34. The molecule has 0 heterocycles. The van der Waals surface area contributed by atoms with Gasteiger partial charge in [0.05, 0.1) is 0 Å². The smallest absolute Gasteiger partial charge is 0.0891 e. The topological polar surface area (TPSA) is 0 Å². The van der Waals surface area contributed by atoms with Gasteiger partial charge in [0.15, 0.2) is 0 Å². The first-order valence-electron chi connectivity index (χ1n) is 4.93. The summed E-state index contributed by atoms with van der Waals surface area (Å²) >= 11 is 0. The van der Waals surface area contributed by atoms with Gasteiger partial charge in [0.25, 0.3) is 0 Å². The lowest BCUT2D eigenvalue weighted by molar-refractivity contribution is 0.502. The zero-order valence-electron chi connectivity index (χ0n) is 7.23. The molecule has 0 radical (unpaired) electrons. The SMILES string of the molecule is CBC1CCCCCCC1. The molecule has 1 heteroatoms. The van der Waals surface area contributed by atoms with Crippen molar-refractivity contribution in [2.45, 2.75) is 57.6 Å². The van der Waals surface area contributed by atoms with Gasteiger partial charge in [0, 0.05) is 0 Å². The van der Waals surface area contributed by atoms with Crippen LogP contribution in [-0.4, -0.2) is 7.28 Å². The molecule has 0 atom stereocenters. The maximum absolute atomic E-state index is 2.34. The zero-order valence-corrected chi connectivity index (χ0v) is 7.23. The Kier molecular flexibility index (Phi) is 3.93. The molecule has 0 aromatic heterocycles. The van der Waals surface area contributed by atoms with Crippen molar-refractivity contribution >= 4 is 7.28 Å². The molecule has 1 rings (SSSR count). The predicted molar refractivity (Wildman–Crippen MR) is 49.1 cm³/mol. The van der Waals surface area contributed by atoms with Crippen molar-refractivity contribution < 1.29 is 0 Å². The highest BCUT2D eigenvalue weighted by molar-refractivity contribution is 6.35. The molecule has 10 heavy (non-hydrogen) atoms. The van der Waals surface area contributed by atoms with Crippen molar-refractivity contribution in [1.82, 2.24) is 0 Å². The van der Waals surface area contributed by atoms with E-state index in [1.807, 2.05) is 0 Å². The average Bonchev–Trinajstić information content (AvgIpc) is 1.87. The summed E-state index contributed by atoms with van der Waals surface area (Å²) in [4.78, 5) is 0. The lowest BCUT2D eigenvalue weighted by Crippen LogP contribution is -2.02. The second-order valence-corrected chi connectivity index (χ2v) is 3.62. The Hall–Kier alpha value is 0.0649. The molecule has 0 saturated heterocycles. The molecule has 1 aliphatic rings. The summed E-state index contributed by atoms with van der Waals surface area (Å²) < 4.78 is 0. The highest BCUT2D eigenvalue weighted by Gasteiger charge is 2.08. The zero-order chi connectivity index (χ0) is 7.23. The Morgan fingerprint density at radius 3 is 1.90 bits per heavy atom. The monoisotopic (exact) mass is 138 g/mol. The molecule has 0 bridgehead atoms. The molecule has 0 aromatic rings. The highest BCUT2D eigenvalue weighted by Crippen LogP contribution is 2.25. The fraction of sp³-hybridized carbons (Fsp3) is 1.00. The van der Waals surface area contributed by atoms with Gasteiger partial charge in [-0.05, 0) is 0 Å². The lowest BCUT2D eigenvalue weighted by atomic mass is 9.62. The molecule has 0 amide bonds. The average molecular weight is 138 g/mol. The Labute approximate surface area is 65.6 Å². The minimum atomic E-state index is 1.07. The number of rotatable bonds is 1. The van der Waals surface area contributed by atoms with E-state index in [2.05, 4.69) is 6.82 Å². The molecule has 0 N–H and O–H groups in total. The molecule has 0 aliphatic heterocycles. The van der Waals surface area contributed by atoms with Gasteiger partial charge in [0.2, 0.25) is 0 Å². The Bertz CT molecular complexity index is 72.8. The van der Waals surface area contributed by atoms with Crippen LogP contribution in [0.4, 0.5) is 0 Å². The second kappa shape index (κ2) is 4.82. The van der Waals surface area contributed by atoms with Gasteiger partial charge >= 0.3 is 0 Å². The van der Waals surface area contributed by atoms with Crippen molar-refractivity contribution in [2.24, 2.45) is 0 Å². The Balaban J connectivity index is 2.16. The van der Waals surface area contributed by atoms with Crippen LogP contribution in [0.3, 0.4) is 0 Å². The third-order valence-electron chi connectivity index (χ3n) is 2.80. The highest BCUT2D eigenvalue weighted by atomic mass is 14.1. The van der Waals surface area contributed by atoms with E-state index in [1.165, 1.54) is 52.2 Å². The first-order valence-corrected chi connectivity index (χ1v) is 4.93. The van der Waals surface area contributed by atoms with Crippen molar-refractivity contribution in [3.63, 3.8) is 0 Å². The summed E-state index contributed by atoms with van der Waals surface area (Å²) in [5.74, 6) is 1.07. The summed E-state index contributed by atoms with van der Waals surface area (Å²) in [6, 6.07) is 0. The van der Waals surface area contributed by atoms with Crippen molar-refractivity contribution in [1.29, 1.82) is 0 Å².